The average Bonchev–Trinajstić information content (AvgIpc) is 3.63. The number of carboxylic acids is 1. The van der Waals surface area contributed by atoms with Gasteiger partial charge < -0.3 is 79.5 Å². The van der Waals surface area contributed by atoms with Gasteiger partial charge in [-0.2, -0.15) is 0 Å². The summed E-state index contributed by atoms with van der Waals surface area (Å²) >= 11 is 0.971. The summed E-state index contributed by atoms with van der Waals surface area (Å²) < 4.78 is 0. The first-order valence-electron chi connectivity index (χ1n) is 25.4. The van der Waals surface area contributed by atoms with Crippen LogP contribution in [0.2, 0.25) is 0 Å². The Morgan fingerprint density at radius 3 is 1.83 bits per heavy atom. The van der Waals surface area contributed by atoms with Crippen molar-refractivity contribution >= 4 is 76.7 Å². The Morgan fingerprint density at radius 1 is 0.693 bits per heavy atom. The number of unbranched alkanes of at least 4 members (excludes halogenated alkanes) is 3. The zero-order chi connectivity index (χ0) is 56.4. The van der Waals surface area contributed by atoms with Crippen LogP contribution < -0.4 is 54.0 Å². The molecule has 9 amide bonds. The van der Waals surface area contributed by atoms with Gasteiger partial charge in [-0.3, -0.25) is 52.8 Å². The third kappa shape index (κ3) is 23.2. The van der Waals surface area contributed by atoms with Crippen LogP contribution in [0.1, 0.15) is 98.3 Å². The fourth-order valence-corrected chi connectivity index (χ4v) is 9.40. The number of nitrogens with two attached hydrogens (primary N) is 2. The number of rotatable bonds is 36. The zero-order valence-corrected chi connectivity index (χ0v) is 44.1. The van der Waals surface area contributed by atoms with Crippen LogP contribution in [-0.2, 0) is 52.7 Å². The molecule has 426 valence electrons. The van der Waals surface area contributed by atoms with Gasteiger partial charge >= 0.3 is 5.97 Å². The van der Waals surface area contributed by atoms with Crippen LogP contribution in [0, 0.1) is 17.8 Å². The molecule has 0 bridgehead atoms. The Kier molecular flexibility index (Phi) is 30.1. The second kappa shape index (κ2) is 34.3. The minimum absolute atomic E-state index is 0.0579. The lowest BCUT2D eigenvalue weighted by Gasteiger charge is -2.40. The van der Waals surface area contributed by atoms with Crippen LogP contribution >= 0.6 is 11.8 Å². The van der Waals surface area contributed by atoms with Gasteiger partial charge in [-0.15, -0.1) is 11.8 Å². The second-order valence-electron chi connectivity index (χ2n) is 19.3. The predicted molar refractivity (Wildman–Crippen MR) is 271 cm³/mol. The minimum atomic E-state index is -1.34. The summed E-state index contributed by atoms with van der Waals surface area (Å²) in [5.41, 5.74) is 11.2. The van der Waals surface area contributed by atoms with E-state index in [2.05, 4.69) is 42.5 Å². The summed E-state index contributed by atoms with van der Waals surface area (Å²) in [5, 5.41) is 69.0. The molecule has 0 spiro atoms. The van der Waals surface area contributed by atoms with Gasteiger partial charge in [0.25, 0.3) is 0 Å². The fourth-order valence-electron chi connectivity index (χ4n) is 8.21. The van der Waals surface area contributed by atoms with Gasteiger partial charge in [-0.1, -0.05) is 13.8 Å². The molecule has 17 N–H and O–H groups in total. The molecule has 1 saturated heterocycles. The van der Waals surface area contributed by atoms with Gasteiger partial charge in [0.15, 0.2) is 5.78 Å². The van der Waals surface area contributed by atoms with E-state index in [1.54, 1.807) is 13.8 Å². The molecule has 0 radical (unpaired) electrons. The number of nitrogens with zero attached hydrogens (tertiary/aromatic N) is 1. The van der Waals surface area contributed by atoms with Crippen LogP contribution in [0.4, 0.5) is 0 Å². The summed E-state index contributed by atoms with van der Waals surface area (Å²) in [6.45, 7) is 4.65. The van der Waals surface area contributed by atoms with E-state index in [0.29, 0.717) is 45.1 Å². The molecule has 1 saturated carbocycles. The van der Waals surface area contributed by atoms with Crippen molar-refractivity contribution in [1.29, 1.82) is 0 Å². The van der Waals surface area contributed by atoms with E-state index in [4.69, 9.17) is 11.5 Å². The van der Waals surface area contributed by atoms with Crippen LogP contribution in [0.3, 0.4) is 0 Å². The number of carbonyl (C=O) groups excluding carboxylic acids is 10. The van der Waals surface area contributed by atoms with Gasteiger partial charge in [0.05, 0.1) is 55.2 Å². The number of Topliss-reactive ketones (excluding diaryl/α,β-unsaturated/α-hetero) is 1. The van der Waals surface area contributed by atoms with E-state index in [-0.39, 0.29) is 70.0 Å². The number of thioether (sulfide) groups is 1. The van der Waals surface area contributed by atoms with E-state index < -0.39 is 150 Å². The maximum atomic E-state index is 13.6. The number of imide groups is 1. The molecule has 2 aliphatic rings. The van der Waals surface area contributed by atoms with Gasteiger partial charge in [-0.05, 0) is 96.7 Å². The van der Waals surface area contributed by atoms with E-state index in [9.17, 15) is 78.3 Å². The highest BCUT2D eigenvalue weighted by Gasteiger charge is 2.43. The highest BCUT2D eigenvalue weighted by molar-refractivity contribution is 8.00. The standard InChI is InChI=1S/C47H81N11O16S/c1-25(2)17-31(47(73)74)57-44(70)30(12-6-8-14-49)55-42(68)26(3)34(62)20-51-36(63)21-52-37(64)22-53-43(69)29(11-5-7-13-48)56-45(71)32(54-27(4)60)24-75-35-19-38(65)58(46(35)72)16-10-9-15-50-39-33(61)18-28(23-59)40(66)41(39)67/h25-26,28-33,35,39-41,50,59,61,66-67H,5-24,48-49H2,1-4H3,(H,51,63)(H,52,64)(H,53,69)(H,54,60)(H,55,68)(H,56,71)(H,57,70)(H,73,74)/t26?,28-,29?,30?,31?,32?,33?,35?,39+,40-,41-/m1/s1. The predicted octanol–water partition coefficient (Wildman–Crippen LogP) is -5.42. The average molecular weight is 1090 g/mol. The van der Waals surface area contributed by atoms with E-state index in [1.165, 1.54) is 13.8 Å². The third-order valence-corrected chi connectivity index (χ3v) is 13.9. The van der Waals surface area contributed by atoms with Crippen LogP contribution in [0.5, 0.6) is 0 Å². The molecule has 1 aliphatic heterocycles. The molecular formula is C47H81N11O16S. The van der Waals surface area contributed by atoms with Crippen molar-refractivity contribution in [3.63, 3.8) is 0 Å². The Balaban J connectivity index is 1.89. The molecule has 2 rings (SSSR count). The number of hydrogen-bond donors (Lipinski definition) is 15. The van der Waals surface area contributed by atoms with Crippen molar-refractivity contribution in [1.82, 2.24) is 47.4 Å². The molecule has 1 heterocycles. The molecule has 0 aromatic rings. The number of ketones is 1. The highest BCUT2D eigenvalue weighted by Crippen LogP contribution is 2.27. The molecule has 0 aromatic carbocycles. The first-order chi connectivity index (χ1) is 35.4. The second-order valence-corrected chi connectivity index (χ2v) is 20.5. The first kappa shape index (κ1) is 65.8. The number of carboxylic acid groups (broad SMARTS) is 1. The van der Waals surface area contributed by atoms with Gasteiger partial charge in [0.1, 0.15) is 24.2 Å². The smallest absolute Gasteiger partial charge is 0.326 e. The lowest BCUT2D eigenvalue weighted by Crippen LogP contribution is -2.60. The maximum absolute atomic E-state index is 13.6. The summed E-state index contributed by atoms with van der Waals surface area (Å²) in [4.78, 5) is 142. The zero-order valence-electron chi connectivity index (χ0n) is 43.3. The van der Waals surface area contributed by atoms with Gasteiger partial charge in [-0.25, -0.2) is 4.79 Å². The minimum Gasteiger partial charge on any atom is -0.480 e. The van der Waals surface area contributed by atoms with Crippen molar-refractivity contribution in [2.45, 2.75) is 152 Å². The fraction of sp³-hybridized carbons (Fsp3) is 0.766. The normalized spacial score (nSPS) is 21.5. The van der Waals surface area contributed by atoms with Crippen molar-refractivity contribution in [2.24, 2.45) is 29.2 Å². The van der Waals surface area contributed by atoms with E-state index in [1.807, 2.05) is 0 Å². The summed E-state index contributed by atoms with van der Waals surface area (Å²) in [6.07, 6.45) is -0.670. The number of nitrogens with one attached hydrogen (secondary N) is 8. The number of amides is 9. The van der Waals surface area contributed by atoms with E-state index in [0.717, 1.165) is 16.7 Å². The van der Waals surface area contributed by atoms with Crippen LogP contribution in [0.15, 0.2) is 0 Å². The quantitative estimate of drug-likeness (QED) is 0.0158. The molecule has 28 heteroatoms. The van der Waals surface area contributed by atoms with Crippen molar-refractivity contribution in [2.75, 3.05) is 58.2 Å². The van der Waals surface area contributed by atoms with E-state index >= 15 is 0 Å². The van der Waals surface area contributed by atoms with Crippen LogP contribution in [-0.4, -0.2) is 207 Å². The van der Waals surface area contributed by atoms with Crippen molar-refractivity contribution in [3.05, 3.63) is 0 Å². The highest BCUT2D eigenvalue weighted by atomic mass is 32.2. The molecular weight excluding hydrogens is 1010 g/mol. The third-order valence-electron chi connectivity index (χ3n) is 12.6. The lowest BCUT2D eigenvalue weighted by atomic mass is 9.80. The molecule has 7 unspecified atom stereocenters. The SMILES string of the molecule is CC(=O)NC(CSC1CC(=O)N(CCCCN[C@H]2C(O)C[C@H](CO)[C@@H](O)[C@@H]2O)C1=O)C(=O)NC(CCCCN)C(=O)NCC(=O)NCC(=O)NCC(=O)C(C)C(=O)NC(CCCCN)C(=O)NC(CC(C)C)C(=O)O. The number of aliphatic hydroxyl groups is 4. The maximum Gasteiger partial charge on any atom is 0.326 e. The molecule has 11 atom stereocenters. The van der Waals surface area contributed by atoms with Gasteiger partial charge in [0, 0.05) is 38.2 Å². The Hall–Kier alpha value is -5.36. The molecule has 75 heavy (non-hydrogen) atoms. The molecule has 0 aromatic heterocycles. The van der Waals surface area contributed by atoms with Crippen molar-refractivity contribution in [3.8, 4) is 0 Å². The van der Waals surface area contributed by atoms with Crippen molar-refractivity contribution < 1.29 is 78.3 Å². The number of hydrogen-bond acceptors (Lipinski definition) is 19. The summed E-state index contributed by atoms with van der Waals surface area (Å²) in [5.74, 6) is -10.5. The van der Waals surface area contributed by atoms with Crippen LogP contribution in [0.25, 0.3) is 0 Å². The topological polar surface area (TPSA) is 440 Å². The first-order valence-corrected chi connectivity index (χ1v) is 26.5. The lowest BCUT2D eigenvalue weighted by molar-refractivity contribution is -0.143. The molecule has 27 nitrogen and oxygen atoms in total. The molecule has 2 fully saturated rings. The Morgan fingerprint density at radius 2 is 1.25 bits per heavy atom. The summed E-state index contributed by atoms with van der Waals surface area (Å²) in [7, 11) is 0. The summed E-state index contributed by atoms with van der Waals surface area (Å²) in [6, 6.07) is -5.68. The Labute approximate surface area is 440 Å². The molecule has 1 aliphatic carbocycles. The largest absolute Gasteiger partial charge is 0.480 e. The number of aliphatic carboxylic acids is 1. The number of likely N-dealkylation sites (tertiary alicyclic amines) is 1. The monoisotopic (exact) mass is 1090 g/mol. The van der Waals surface area contributed by atoms with Gasteiger partial charge in [0.2, 0.25) is 53.2 Å². The Bertz CT molecular complexity index is 1950. The number of aliphatic hydroxyl groups excluding tert-OH is 4. The number of carbonyl (C=O) groups is 11.